The van der Waals surface area contributed by atoms with Crippen molar-refractivity contribution in [1.29, 1.82) is 0 Å². The SMILES string of the molecule is CCc1ccsc1-c1nn(C)c(N)c1-c1cccc(Cl)c1. The predicted molar refractivity (Wildman–Crippen MR) is 90.8 cm³/mol. The molecule has 3 nitrogen and oxygen atoms in total. The maximum atomic E-state index is 6.25. The van der Waals surface area contributed by atoms with Gasteiger partial charge in [0.1, 0.15) is 11.5 Å². The molecule has 0 amide bonds. The number of rotatable bonds is 3. The summed E-state index contributed by atoms with van der Waals surface area (Å²) in [6.45, 7) is 2.15. The summed E-state index contributed by atoms with van der Waals surface area (Å²) in [4.78, 5) is 1.18. The highest BCUT2D eigenvalue weighted by Gasteiger charge is 2.20. The van der Waals surface area contributed by atoms with Gasteiger partial charge < -0.3 is 5.73 Å². The molecule has 2 N–H and O–H groups in total. The molecule has 0 fully saturated rings. The molecule has 0 saturated carbocycles. The molecule has 0 aliphatic rings. The van der Waals surface area contributed by atoms with Gasteiger partial charge in [0.05, 0.1) is 10.4 Å². The molecule has 0 radical (unpaired) electrons. The first-order chi connectivity index (χ1) is 10.1. The number of nitrogens with two attached hydrogens (primary N) is 1. The molecular formula is C16H16ClN3S. The molecule has 2 aromatic heterocycles. The van der Waals surface area contributed by atoms with Gasteiger partial charge in [0.2, 0.25) is 0 Å². The maximum Gasteiger partial charge on any atom is 0.129 e. The monoisotopic (exact) mass is 317 g/mol. The minimum absolute atomic E-state index is 0.655. The molecule has 0 unspecified atom stereocenters. The topological polar surface area (TPSA) is 43.8 Å². The quantitative estimate of drug-likeness (QED) is 0.766. The minimum atomic E-state index is 0.655. The van der Waals surface area contributed by atoms with E-state index in [1.807, 2.05) is 31.3 Å². The Labute approximate surface area is 133 Å². The molecule has 2 heterocycles. The Morgan fingerprint density at radius 1 is 1.33 bits per heavy atom. The van der Waals surface area contributed by atoms with Gasteiger partial charge >= 0.3 is 0 Å². The van der Waals surface area contributed by atoms with Gasteiger partial charge in [-0.3, -0.25) is 4.68 Å². The number of nitrogen functional groups attached to an aromatic ring is 1. The number of halogens is 1. The number of anilines is 1. The second kappa shape index (κ2) is 5.54. The summed E-state index contributed by atoms with van der Waals surface area (Å²) < 4.78 is 1.73. The van der Waals surface area contributed by atoms with Gasteiger partial charge in [-0.2, -0.15) is 5.10 Å². The van der Waals surface area contributed by atoms with Crippen LogP contribution in [-0.2, 0) is 13.5 Å². The molecule has 0 spiro atoms. The zero-order chi connectivity index (χ0) is 15.0. The molecule has 0 aliphatic heterocycles. The van der Waals surface area contributed by atoms with Gasteiger partial charge in [-0.25, -0.2) is 0 Å². The highest BCUT2D eigenvalue weighted by atomic mass is 35.5. The van der Waals surface area contributed by atoms with Crippen molar-refractivity contribution in [3.05, 3.63) is 46.3 Å². The van der Waals surface area contributed by atoms with E-state index in [9.17, 15) is 0 Å². The van der Waals surface area contributed by atoms with Crippen molar-refractivity contribution in [2.75, 3.05) is 5.73 Å². The van der Waals surface area contributed by atoms with Crippen LogP contribution in [0.4, 0.5) is 5.82 Å². The number of nitrogens with zero attached hydrogens (tertiary/aromatic N) is 2. The second-order valence-electron chi connectivity index (χ2n) is 4.87. The first-order valence-corrected chi connectivity index (χ1v) is 8.02. The number of hydrogen-bond donors (Lipinski definition) is 1. The predicted octanol–water partition coefficient (Wildman–Crippen LogP) is 4.61. The highest BCUT2D eigenvalue weighted by molar-refractivity contribution is 7.13. The smallest absolute Gasteiger partial charge is 0.129 e. The lowest BCUT2D eigenvalue weighted by Crippen LogP contribution is -1.97. The van der Waals surface area contributed by atoms with E-state index in [0.29, 0.717) is 10.8 Å². The number of aryl methyl sites for hydroxylation is 2. The molecule has 108 valence electrons. The molecule has 3 aromatic rings. The molecule has 0 atom stereocenters. The third-order valence-corrected chi connectivity index (χ3v) is 4.75. The van der Waals surface area contributed by atoms with Crippen LogP contribution in [0.3, 0.4) is 0 Å². The van der Waals surface area contributed by atoms with Crippen LogP contribution in [-0.4, -0.2) is 9.78 Å². The molecule has 1 aromatic carbocycles. The fourth-order valence-electron chi connectivity index (χ4n) is 2.45. The average Bonchev–Trinajstić information content (AvgIpc) is 3.04. The Hall–Kier alpha value is -1.78. The van der Waals surface area contributed by atoms with Gasteiger partial charge in [-0.05, 0) is 41.1 Å². The summed E-state index contributed by atoms with van der Waals surface area (Å²) in [5.74, 6) is 0.655. The lowest BCUT2D eigenvalue weighted by molar-refractivity contribution is 0.782. The van der Waals surface area contributed by atoms with Crippen LogP contribution < -0.4 is 5.73 Å². The summed E-state index contributed by atoms with van der Waals surface area (Å²) in [6.07, 6.45) is 0.976. The fourth-order valence-corrected chi connectivity index (χ4v) is 3.62. The van der Waals surface area contributed by atoms with E-state index in [1.165, 1.54) is 10.4 Å². The van der Waals surface area contributed by atoms with Crippen LogP contribution in [0.1, 0.15) is 12.5 Å². The highest BCUT2D eigenvalue weighted by Crippen LogP contribution is 2.40. The Bertz CT molecular complexity index is 789. The van der Waals surface area contributed by atoms with Crippen LogP contribution in [0.15, 0.2) is 35.7 Å². The van der Waals surface area contributed by atoms with Crippen LogP contribution in [0.25, 0.3) is 21.7 Å². The number of benzene rings is 1. The first kappa shape index (κ1) is 14.2. The fraction of sp³-hybridized carbons (Fsp3) is 0.188. The van der Waals surface area contributed by atoms with Crippen LogP contribution in [0.2, 0.25) is 5.02 Å². The normalized spacial score (nSPS) is 11.0. The standard InChI is InChI=1S/C16H16ClN3S/c1-3-10-7-8-21-15(10)14-13(16(18)20(2)19-14)11-5-4-6-12(17)9-11/h4-9H,3,18H2,1-2H3. The van der Waals surface area contributed by atoms with Crippen molar-refractivity contribution < 1.29 is 0 Å². The van der Waals surface area contributed by atoms with Gasteiger partial charge in [0, 0.05) is 12.1 Å². The Morgan fingerprint density at radius 3 is 2.86 bits per heavy atom. The Balaban J connectivity index is 2.26. The third-order valence-electron chi connectivity index (χ3n) is 3.55. The summed E-state index contributed by atoms with van der Waals surface area (Å²) in [7, 11) is 1.87. The van der Waals surface area contributed by atoms with Crippen molar-refractivity contribution in [3.8, 4) is 21.7 Å². The molecule has 5 heteroatoms. The lowest BCUT2D eigenvalue weighted by atomic mass is 10.0. The van der Waals surface area contributed by atoms with E-state index < -0.39 is 0 Å². The number of thiophene rings is 1. The summed E-state index contributed by atoms with van der Waals surface area (Å²) >= 11 is 7.82. The van der Waals surface area contributed by atoms with Crippen LogP contribution >= 0.6 is 22.9 Å². The molecule has 3 rings (SSSR count). The largest absolute Gasteiger partial charge is 0.383 e. The van der Waals surface area contributed by atoms with Gasteiger partial charge in [0.25, 0.3) is 0 Å². The summed E-state index contributed by atoms with van der Waals surface area (Å²) in [5.41, 5.74) is 10.4. The number of hydrogen-bond acceptors (Lipinski definition) is 3. The first-order valence-electron chi connectivity index (χ1n) is 6.77. The van der Waals surface area contributed by atoms with Crippen molar-refractivity contribution in [1.82, 2.24) is 9.78 Å². The molecule has 0 aliphatic carbocycles. The van der Waals surface area contributed by atoms with E-state index in [-0.39, 0.29) is 0 Å². The second-order valence-corrected chi connectivity index (χ2v) is 6.22. The lowest BCUT2D eigenvalue weighted by Gasteiger charge is -2.05. The van der Waals surface area contributed by atoms with Gasteiger partial charge in [-0.1, -0.05) is 30.7 Å². The van der Waals surface area contributed by atoms with Crippen molar-refractivity contribution >= 4 is 28.8 Å². The molecular weight excluding hydrogens is 302 g/mol. The zero-order valence-corrected chi connectivity index (χ0v) is 13.5. The Kier molecular flexibility index (Phi) is 3.74. The van der Waals surface area contributed by atoms with Crippen molar-refractivity contribution in [2.45, 2.75) is 13.3 Å². The molecule has 0 saturated heterocycles. The average molecular weight is 318 g/mol. The van der Waals surface area contributed by atoms with E-state index >= 15 is 0 Å². The van der Waals surface area contributed by atoms with Crippen molar-refractivity contribution in [2.24, 2.45) is 7.05 Å². The van der Waals surface area contributed by atoms with Crippen LogP contribution in [0, 0.1) is 0 Å². The summed E-state index contributed by atoms with van der Waals surface area (Å²) in [5, 5.41) is 7.42. The van der Waals surface area contributed by atoms with Gasteiger partial charge in [-0.15, -0.1) is 11.3 Å². The molecule has 21 heavy (non-hydrogen) atoms. The van der Waals surface area contributed by atoms with E-state index in [2.05, 4.69) is 23.5 Å². The Morgan fingerprint density at radius 2 is 2.14 bits per heavy atom. The zero-order valence-electron chi connectivity index (χ0n) is 11.9. The van der Waals surface area contributed by atoms with Crippen LogP contribution in [0.5, 0.6) is 0 Å². The van der Waals surface area contributed by atoms with Crippen molar-refractivity contribution in [3.63, 3.8) is 0 Å². The molecule has 0 bridgehead atoms. The minimum Gasteiger partial charge on any atom is -0.383 e. The van der Waals surface area contributed by atoms with E-state index in [4.69, 9.17) is 17.3 Å². The van der Waals surface area contributed by atoms with E-state index in [1.54, 1.807) is 16.0 Å². The maximum absolute atomic E-state index is 6.25. The third kappa shape index (κ3) is 2.45. The summed E-state index contributed by atoms with van der Waals surface area (Å²) in [6, 6.07) is 9.88. The van der Waals surface area contributed by atoms with E-state index in [0.717, 1.165) is 23.2 Å². The number of aromatic nitrogens is 2. The van der Waals surface area contributed by atoms with Gasteiger partial charge in [0.15, 0.2) is 0 Å².